The van der Waals surface area contributed by atoms with Crippen LogP contribution >= 0.6 is 11.3 Å². The van der Waals surface area contributed by atoms with Crippen molar-refractivity contribution in [3.63, 3.8) is 0 Å². The van der Waals surface area contributed by atoms with E-state index in [-0.39, 0.29) is 58.0 Å². The SMILES string of the molecule is CC(NC(=O)[C@@H]1C[C@]2(COCCCN(C)C)C[C@@H]2N1C(=O)CNC(=O)c1ccc2c(c1)-c1ccccc1C2(F)F)c1cc(C(=N)N)cs1. The number of likely N-dealkylation sites (tertiary alicyclic amines) is 1. The Balaban J connectivity index is 1.14. The highest BCUT2D eigenvalue weighted by molar-refractivity contribution is 7.10. The van der Waals surface area contributed by atoms with E-state index in [1.165, 1.54) is 35.6 Å². The molecule has 1 aliphatic heterocycles. The number of hydrogen-bond acceptors (Lipinski definition) is 7. The standard InChI is InChI=1S/C35H40F2N6O4S/c1-20(28-14-22(18-48-28)31(38)39)41-33(46)27-15-34(19-47-12-6-11-42(2)3)16-29(34)43(27)30(44)17-40-32(45)21-9-10-26-24(13-21)23-7-4-5-8-25(23)35(26,36)37/h4-5,7-10,13-14,18,20,27,29H,6,11-12,15-17,19H2,1-3H3,(H3,38,39)(H,40,45)(H,41,46)/t20?,27-,29-,34+/m0/s1. The topological polar surface area (TPSA) is 141 Å². The van der Waals surface area contributed by atoms with E-state index in [1.807, 2.05) is 21.0 Å². The van der Waals surface area contributed by atoms with Crippen molar-refractivity contribution in [3.05, 3.63) is 81.0 Å². The number of fused-ring (bicyclic) bond motifs is 4. The molecule has 3 aromatic rings. The van der Waals surface area contributed by atoms with Crippen molar-refractivity contribution in [1.29, 1.82) is 5.41 Å². The summed E-state index contributed by atoms with van der Waals surface area (Å²) in [6, 6.07) is 10.7. The van der Waals surface area contributed by atoms with Crippen LogP contribution in [-0.4, -0.2) is 85.8 Å². The molecule has 1 saturated heterocycles. The maximum Gasteiger partial charge on any atom is 0.299 e. The van der Waals surface area contributed by atoms with Gasteiger partial charge in [-0.3, -0.25) is 19.8 Å². The summed E-state index contributed by atoms with van der Waals surface area (Å²) in [5.74, 6) is -4.50. The summed E-state index contributed by atoms with van der Waals surface area (Å²) in [6.07, 6.45) is 2.00. The Labute approximate surface area is 282 Å². The Hall–Kier alpha value is -4.20. The number of nitrogens with one attached hydrogen (secondary N) is 3. The lowest BCUT2D eigenvalue weighted by Gasteiger charge is -2.28. The molecule has 2 aliphatic carbocycles. The molecule has 2 heterocycles. The first-order chi connectivity index (χ1) is 22.8. The first kappa shape index (κ1) is 33.7. The maximum atomic E-state index is 15.0. The monoisotopic (exact) mass is 678 g/mol. The molecular formula is C35H40F2N6O4S. The summed E-state index contributed by atoms with van der Waals surface area (Å²) >= 11 is 1.39. The molecule has 6 rings (SSSR count). The second-order valence-electron chi connectivity index (χ2n) is 13.3. The number of carbonyl (C=O) groups is 3. The number of amidine groups is 1. The van der Waals surface area contributed by atoms with Gasteiger partial charge in [0.05, 0.1) is 19.2 Å². The van der Waals surface area contributed by atoms with Crippen molar-refractivity contribution in [2.75, 3.05) is 40.4 Å². The summed E-state index contributed by atoms with van der Waals surface area (Å²) < 4.78 is 36.1. The van der Waals surface area contributed by atoms with E-state index in [2.05, 4.69) is 15.5 Å². The molecule has 48 heavy (non-hydrogen) atoms. The summed E-state index contributed by atoms with van der Waals surface area (Å²) in [4.78, 5) is 45.2. The van der Waals surface area contributed by atoms with Crippen LogP contribution in [-0.2, 0) is 20.2 Å². The van der Waals surface area contributed by atoms with Crippen LogP contribution in [0.4, 0.5) is 8.78 Å². The third-order valence-corrected chi connectivity index (χ3v) is 10.7. The molecule has 3 aliphatic rings. The van der Waals surface area contributed by atoms with Crippen LogP contribution in [0.15, 0.2) is 53.9 Å². The predicted octanol–water partition coefficient (Wildman–Crippen LogP) is 4.09. The molecule has 0 spiro atoms. The molecule has 2 fully saturated rings. The number of carbonyl (C=O) groups excluding carboxylic acids is 3. The molecule has 13 heteroatoms. The summed E-state index contributed by atoms with van der Waals surface area (Å²) in [5, 5.41) is 15.1. The van der Waals surface area contributed by atoms with Crippen LogP contribution in [0.1, 0.15) is 64.2 Å². The molecule has 5 N–H and O–H groups in total. The highest BCUT2D eigenvalue weighted by atomic mass is 32.1. The predicted molar refractivity (Wildman–Crippen MR) is 179 cm³/mol. The zero-order valence-corrected chi connectivity index (χ0v) is 28.0. The maximum absolute atomic E-state index is 15.0. The number of benzene rings is 2. The van der Waals surface area contributed by atoms with Gasteiger partial charge in [-0.2, -0.15) is 8.78 Å². The molecular weight excluding hydrogens is 638 g/mol. The minimum Gasteiger partial charge on any atom is -0.384 e. The van der Waals surface area contributed by atoms with Crippen molar-refractivity contribution < 1.29 is 27.9 Å². The van der Waals surface area contributed by atoms with Crippen LogP contribution < -0.4 is 16.4 Å². The van der Waals surface area contributed by atoms with Crippen molar-refractivity contribution in [3.8, 4) is 11.1 Å². The van der Waals surface area contributed by atoms with E-state index in [9.17, 15) is 14.4 Å². The normalized spacial score (nSPS) is 22.1. The summed E-state index contributed by atoms with van der Waals surface area (Å²) in [6.45, 7) is 3.36. The van der Waals surface area contributed by atoms with E-state index in [4.69, 9.17) is 15.9 Å². The lowest BCUT2D eigenvalue weighted by Crippen LogP contribution is -2.51. The average Bonchev–Trinajstić information content (AvgIpc) is 3.33. The van der Waals surface area contributed by atoms with Crippen LogP contribution in [0.25, 0.3) is 11.1 Å². The van der Waals surface area contributed by atoms with Gasteiger partial charge < -0.3 is 30.9 Å². The molecule has 0 radical (unpaired) electrons. The van der Waals surface area contributed by atoms with Crippen molar-refractivity contribution in [2.24, 2.45) is 11.1 Å². The van der Waals surface area contributed by atoms with E-state index in [1.54, 1.807) is 34.5 Å². The highest BCUT2D eigenvalue weighted by Crippen LogP contribution is 2.59. The fourth-order valence-electron chi connectivity index (χ4n) is 6.95. The molecule has 1 saturated carbocycles. The van der Waals surface area contributed by atoms with Gasteiger partial charge in [0.15, 0.2) is 0 Å². The number of nitrogen functional groups attached to an aromatic ring is 1. The number of amides is 3. The van der Waals surface area contributed by atoms with Crippen LogP contribution in [0.5, 0.6) is 0 Å². The Morgan fingerprint density at radius 2 is 1.85 bits per heavy atom. The van der Waals surface area contributed by atoms with Crippen molar-refractivity contribution in [2.45, 2.75) is 50.2 Å². The van der Waals surface area contributed by atoms with E-state index in [0.717, 1.165) is 17.8 Å². The average molecular weight is 679 g/mol. The van der Waals surface area contributed by atoms with Gasteiger partial charge in [-0.15, -0.1) is 11.3 Å². The summed E-state index contributed by atoms with van der Waals surface area (Å²) in [5.41, 5.74) is 6.41. The Kier molecular flexibility index (Phi) is 9.14. The van der Waals surface area contributed by atoms with Gasteiger partial charge in [-0.25, -0.2) is 0 Å². The molecule has 2 aromatic carbocycles. The molecule has 1 unspecified atom stereocenters. The van der Waals surface area contributed by atoms with Gasteiger partial charge in [0.2, 0.25) is 11.8 Å². The minimum absolute atomic E-state index is 0.0547. The number of thiophene rings is 1. The van der Waals surface area contributed by atoms with E-state index in [0.29, 0.717) is 37.2 Å². The zero-order chi connectivity index (χ0) is 34.4. The Morgan fingerprint density at radius 1 is 1.10 bits per heavy atom. The minimum atomic E-state index is -3.16. The van der Waals surface area contributed by atoms with Crippen molar-refractivity contribution in [1.82, 2.24) is 20.4 Å². The molecule has 1 aromatic heterocycles. The lowest BCUT2D eigenvalue weighted by atomic mass is 10.00. The quantitative estimate of drug-likeness (QED) is 0.122. The van der Waals surface area contributed by atoms with E-state index < -0.39 is 23.8 Å². The van der Waals surface area contributed by atoms with Crippen LogP contribution in [0.3, 0.4) is 0 Å². The number of hydrogen-bond donors (Lipinski definition) is 4. The lowest BCUT2D eigenvalue weighted by molar-refractivity contribution is -0.139. The molecule has 10 nitrogen and oxygen atoms in total. The van der Waals surface area contributed by atoms with Gasteiger partial charge in [0.1, 0.15) is 11.9 Å². The number of ether oxygens (including phenoxy) is 1. The fraction of sp³-hybridized carbons (Fsp3) is 0.429. The highest BCUT2D eigenvalue weighted by Gasteiger charge is 2.67. The molecule has 0 bridgehead atoms. The zero-order valence-electron chi connectivity index (χ0n) is 27.1. The van der Waals surface area contributed by atoms with Crippen molar-refractivity contribution >= 4 is 34.9 Å². The van der Waals surface area contributed by atoms with Gasteiger partial charge >= 0.3 is 0 Å². The third-order valence-electron chi connectivity index (χ3n) is 9.58. The van der Waals surface area contributed by atoms with Gasteiger partial charge in [0.25, 0.3) is 11.8 Å². The second kappa shape index (κ2) is 13.0. The van der Waals surface area contributed by atoms with E-state index >= 15 is 8.78 Å². The number of rotatable bonds is 13. The van der Waals surface area contributed by atoms with Crippen LogP contribution in [0.2, 0.25) is 0 Å². The Bertz CT molecular complexity index is 1760. The molecule has 4 atom stereocenters. The molecule has 254 valence electrons. The fourth-order valence-corrected chi connectivity index (χ4v) is 7.86. The van der Waals surface area contributed by atoms with Crippen LogP contribution in [0, 0.1) is 10.8 Å². The van der Waals surface area contributed by atoms with Gasteiger partial charge in [-0.1, -0.05) is 30.3 Å². The Morgan fingerprint density at radius 3 is 2.58 bits per heavy atom. The number of halogens is 2. The van der Waals surface area contributed by atoms with Gasteiger partial charge in [0, 0.05) is 50.6 Å². The first-order valence-electron chi connectivity index (χ1n) is 16.0. The molecule has 3 amide bonds. The first-order valence-corrected chi connectivity index (χ1v) is 16.9. The summed E-state index contributed by atoms with van der Waals surface area (Å²) in [7, 11) is 4.00. The number of piperidine rings is 1. The number of nitrogens with zero attached hydrogens (tertiary/aromatic N) is 2. The number of alkyl halides is 2. The van der Waals surface area contributed by atoms with Gasteiger partial charge in [-0.05, 0) is 76.2 Å². The largest absolute Gasteiger partial charge is 0.384 e. The third kappa shape index (κ3) is 6.34. The smallest absolute Gasteiger partial charge is 0.299 e. The number of nitrogens with two attached hydrogens (primary N) is 1. The second-order valence-corrected chi connectivity index (χ2v) is 14.2.